The first-order chi connectivity index (χ1) is 16.9. The van der Waals surface area contributed by atoms with Crippen molar-refractivity contribution in [3.05, 3.63) is 70.6 Å². The maximum atomic E-state index is 14.7. The monoisotopic (exact) mass is 497 g/mol. The van der Waals surface area contributed by atoms with Crippen LogP contribution in [0.5, 0.6) is 11.5 Å². The van der Waals surface area contributed by atoms with Crippen LogP contribution >= 0.6 is 11.3 Å². The quantitative estimate of drug-likeness (QED) is 0.338. The number of aliphatic carboxylic acids is 1. The standard InChI is InChI=1S/C25H21F2N3O4S/c1-2-14-9-17(13-30-11-16(12-30)25(31)32)35-22(14)23-28-24(34-29-23)15-7-8-21(19(27)10-15)33-20-6-4-3-5-18(20)26/h3-10,16H,2,11-13H2,1H3,(H,31,32). The van der Waals surface area contributed by atoms with E-state index >= 15 is 0 Å². The summed E-state index contributed by atoms with van der Waals surface area (Å²) in [6.07, 6.45) is 0.768. The molecule has 4 aromatic rings. The van der Waals surface area contributed by atoms with E-state index in [2.05, 4.69) is 21.1 Å². The Balaban J connectivity index is 1.33. The van der Waals surface area contributed by atoms with Gasteiger partial charge in [0.25, 0.3) is 5.89 Å². The Morgan fingerprint density at radius 3 is 2.66 bits per heavy atom. The Bertz CT molecular complexity index is 1380. The van der Waals surface area contributed by atoms with E-state index in [4.69, 9.17) is 14.4 Å². The van der Waals surface area contributed by atoms with Gasteiger partial charge in [0, 0.05) is 30.1 Å². The Hall–Kier alpha value is -3.63. The smallest absolute Gasteiger partial charge is 0.309 e. The molecule has 0 aliphatic carbocycles. The number of nitrogens with zero attached hydrogens (tertiary/aromatic N) is 3. The maximum absolute atomic E-state index is 14.7. The van der Waals surface area contributed by atoms with E-state index in [0.29, 0.717) is 31.0 Å². The first-order valence-electron chi connectivity index (χ1n) is 11.0. The number of hydrogen-bond acceptors (Lipinski definition) is 7. The number of ether oxygens (including phenoxy) is 1. The number of hydrogen-bond donors (Lipinski definition) is 1. The van der Waals surface area contributed by atoms with E-state index in [-0.39, 0.29) is 23.3 Å². The number of benzene rings is 2. The van der Waals surface area contributed by atoms with Gasteiger partial charge in [0.05, 0.1) is 10.8 Å². The second-order valence-electron chi connectivity index (χ2n) is 8.25. The minimum absolute atomic E-state index is 0.0727. The van der Waals surface area contributed by atoms with Crippen LogP contribution in [0.1, 0.15) is 17.4 Å². The number of rotatable bonds is 8. The number of carbonyl (C=O) groups is 1. The number of halogens is 2. The van der Waals surface area contributed by atoms with Crippen molar-refractivity contribution in [3.8, 4) is 33.7 Å². The summed E-state index contributed by atoms with van der Waals surface area (Å²) in [6, 6.07) is 12.0. The van der Waals surface area contributed by atoms with Crippen LogP contribution in [0, 0.1) is 17.6 Å². The minimum atomic E-state index is -0.759. The van der Waals surface area contributed by atoms with Crippen molar-refractivity contribution >= 4 is 17.3 Å². The van der Waals surface area contributed by atoms with Crippen molar-refractivity contribution in [1.82, 2.24) is 15.0 Å². The molecular formula is C25H21F2N3O4S. The highest BCUT2D eigenvalue weighted by Gasteiger charge is 2.32. The van der Waals surface area contributed by atoms with Crippen molar-refractivity contribution in [2.24, 2.45) is 5.92 Å². The third-order valence-electron chi connectivity index (χ3n) is 5.79. The van der Waals surface area contributed by atoms with Crippen molar-refractivity contribution in [2.75, 3.05) is 13.1 Å². The molecule has 2 aromatic carbocycles. The van der Waals surface area contributed by atoms with Crippen LogP contribution in [0.25, 0.3) is 22.2 Å². The van der Waals surface area contributed by atoms with Gasteiger partial charge in [-0.25, -0.2) is 8.78 Å². The first-order valence-corrected chi connectivity index (χ1v) is 11.9. The topological polar surface area (TPSA) is 88.7 Å². The number of aryl methyl sites for hydroxylation is 1. The molecule has 1 aliphatic heterocycles. The van der Waals surface area contributed by atoms with Gasteiger partial charge in [-0.05, 0) is 48.4 Å². The molecule has 0 saturated carbocycles. The summed E-state index contributed by atoms with van der Waals surface area (Å²) in [7, 11) is 0. The Morgan fingerprint density at radius 1 is 1.17 bits per heavy atom. The molecule has 7 nitrogen and oxygen atoms in total. The van der Waals surface area contributed by atoms with Gasteiger partial charge < -0.3 is 14.4 Å². The van der Waals surface area contributed by atoms with Gasteiger partial charge in [-0.15, -0.1) is 11.3 Å². The highest BCUT2D eigenvalue weighted by molar-refractivity contribution is 7.15. The number of aromatic nitrogens is 2. The molecule has 0 radical (unpaired) electrons. The molecule has 35 heavy (non-hydrogen) atoms. The largest absolute Gasteiger partial charge is 0.481 e. The van der Waals surface area contributed by atoms with E-state index in [1.807, 2.05) is 6.92 Å². The van der Waals surface area contributed by atoms with Gasteiger partial charge in [0.2, 0.25) is 5.82 Å². The molecule has 1 saturated heterocycles. The Morgan fingerprint density at radius 2 is 1.94 bits per heavy atom. The zero-order valence-electron chi connectivity index (χ0n) is 18.7. The Labute approximate surface area is 203 Å². The summed E-state index contributed by atoms with van der Waals surface area (Å²) >= 11 is 1.54. The Kier molecular flexibility index (Phi) is 6.31. The van der Waals surface area contributed by atoms with Crippen LogP contribution in [0.3, 0.4) is 0 Å². The van der Waals surface area contributed by atoms with Gasteiger partial charge in [0.1, 0.15) is 0 Å². The first kappa shape index (κ1) is 23.1. The molecule has 1 fully saturated rings. The molecule has 0 bridgehead atoms. The summed E-state index contributed by atoms with van der Waals surface area (Å²) in [5.41, 5.74) is 1.43. The summed E-state index contributed by atoms with van der Waals surface area (Å²) in [4.78, 5) is 19.5. The molecule has 0 unspecified atom stereocenters. The van der Waals surface area contributed by atoms with Crippen LogP contribution in [0.2, 0.25) is 0 Å². The number of thiophene rings is 1. The second-order valence-corrected chi connectivity index (χ2v) is 9.39. The molecule has 10 heteroatoms. The summed E-state index contributed by atoms with van der Waals surface area (Å²) in [5, 5.41) is 13.2. The molecule has 0 amide bonds. The lowest BCUT2D eigenvalue weighted by Crippen LogP contribution is -2.49. The van der Waals surface area contributed by atoms with Gasteiger partial charge in [-0.2, -0.15) is 4.98 Å². The van der Waals surface area contributed by atoms with E-state index in [1.165, 1.54) is 41.7 Å². The van der Waals surface area contributed by atoms with Gasteiger partial charge in [-0.3, -0.25) is 9.69 Å². The van der Waals surface area contributed by atoms with E-state index in [1.54, 1.807) is 12.1 Å². The molecule has 1 N–H and O–H groups in total. The number of carboxylic acids is 1. The van der Waals surface area contributed by atoms with E-state index in [0.717, 1.165) is 21.7 Å². The fourth-order valence-electron chi connectivity index (χ4n) is 3.89. The molecule has 0 atom stereocenters. The normalized spacial score (nSPS) is 14.1. The summed E-state index contributed by atoms with van der Waals surface area (Å²) in [6.45, 7) is 3.78. The highest BCUT2D eigenvalue weighted by Crippen LogP contribution is 2.35. The van der Waals surface area contributed by atoms with Crippen LogP contribution < -0.4 is 4.74 Å². The van der Waals surface area contributed by atoms with Crippen molar-refractivity contribution < 1.29 is 27.9 Å². The SMILES string of the molecule is CCc1cc(CN2CC(C(=O)O)C2)sc1-c1noc(-c2ccc(Oc3ccccc3F)c(F)c2)n1. The van der Waals surface area contributed by atoms with Crippen molar-refractivity contribution in [3.63, 3.8) is 0 Å². The highest BCUT2D eigenvalue weighted by atomic mass is 32.1. The molecule has 180 valence electrons. The van der Waals surface area contributed by atoms with Crippen molar-refractivity contribution in [2.45, 2.75) is 19.9 Å². The lowest BCUT2D eigenvalue weighted by atomic mass is 10.0. The summed E-state index contributed by atoms with van der Waals surface area (Å²) < 4.78 is 39.2. The lowest BCUT2D eigenvalue weighted by Gasteiger charge is -2.36. The molecule has 2 aromatic heterocycles. The average Bonchev–Trinajstić information content (AvgIpc) is 3.45. The zero-order valence-corrected chi connectivity index (χ0v) is 19.5. The minimum Gasteiger partial charge on any atom is -0.481 e. The zero-order chi connectivity index (χ0) is 24.5. The van der Waals surface area contributed by atoms with Crippen molar-refractivity contribution in [1.29, 1.82) is 0 Å². The van der Waals surface area contributed by atoms with E-state index in [9.17, 15) is 13.6 Å². The molecule has 0 spiro atoms. The van der Waals surface area contributed by atoms with Crippen LogP contribution in [-0.2, 0) is 17.8 Å². The van der Waals surface area contributed by atoms with Gasteiger partial charge >= 0.3 is 5.97 Å². The molecular weight excluding hydrogens is 476 g/mol. The predicted octanol–water partition coefficient (Wildman–Crippen LogP) is 5.61. The van der Waals surface area contributed by atoms with Crippen LogP contribution in [0.4, 0.5) is 8.78 Å². The predicted molar refractivity (Wildman–Crippen MR) is 125 cm³/mol. The average molecular weight is 498 g/mol. The van der Waals surface area contributed by atoms with E-state index < -0.39 is 17.6 Å². The second kappa shape index (κ2) is 9.55. The van der Waals surface area contributed by atoms with Crippen LogP contribution in [0.15, 0.2) is 53.1 Å². The fraction of sp³-hybridized carbons (Fsp3) is 0.240. The summed E-state index contributed by atoms with van der Waals surface area (Å²) in [5.74, 6) is -1.97. The molecule has 3 heterocycles. The third kappa shape index (κ3) is 4.80. The number of carboxylic acid groups (broad SMARTS) is 1. The van der Waals surface area contributed by atoms with Gasteiger partial charge in [0.15, 0.2) is 23.1 Å². The maximum Gasteiger partial charge on any atom is 0.309 e. The fourth-order valence-corrected chi connectivity index (χ4v) is 5.11. The van der Waals surface area contributed by atoms with Crippen LogP contribution in [-0.4, -0.2) is 39.2 Å². The number of para-hydroxylation sites is 1. The molecule has 5 rings (SSSR count). The molecule has 1 aliphatic rings. The number of likely N-dealkylation sites (tertiary alicyclic amines) is 1. The lowest BCUT2D eigenvalue weighted by molar-refractivity contribution is -0.147. The van der Waals surface area contributed by atoms with Gasteiger partial charge in [-0.1, -0.05) is 24.2 Å². The third-order valence-corrected chi connectivity index (χ3v) is 6.95.